The van der Waals surface area contributed by atoms with E-state index in [1.54, 1.807) is 11.3 Å². The molecule has 2 aliphatic rings. The molecule has 1 saturated heterocycles. The number of nitrogens with zero attached hydrogens (tertiary/aromatic N) is 1. The van der Waals surface area contributed by atoms with Crippen molar-refractivity contribution in [3.05, 3.63) is 10.6 Å². The molecule has 1 fully saturated rings. The van der Waals surface area contributed by atoms with Gasteiger partial charge in [-0.05, 0) is 25.2 Å². The lowest BCUT2D eigenvalue weighted by Gasteiger charge is -2.22. The minimum atomic E-state index is 0.0242. The van der Waals surface area contributed by atoms with E-state index in [0.717, 1.165) is 37.0 Å². The van der Waals surface area contributed by atoms with Gasteiger partial charge in [0.05, 0.1) is 18.9 Å². The predicted octanol–water partition coefficient (Wildman–Crippen LogP) is 1.97. The standard InChI is InChI=1S/C15H23N3O2S/c1-2-10-3-4-12-13(7-10)21-15(17-12)18-14(19)8-11-9-20-6-5-16-11/h10-11,16H,2-9H2,1H3,(H,17,18,19). The Morgan fingerprint density at radius 2 is 2.48 bits per heavy atom. The van der Waals surface area contributed by atoms with Gasteiger partial charge in [0.1, 0.15) is 0 Å². The maximum atomic E-state index is 12.1. The zero-order valence-electron chi connectivity index (χ0n) is 12.5. The molecule has 1 aliphatic heterocycles. The van der Waals surface area contributed by atoms with Gasteiger partial charge in [-0.1, -0.05) is 13.3 Å². The van der Waals surface area contributed by atoms with Crippen molar-refractivity contribution >= 4 is 22.4 Å². The fourth-order valence-corrected chi connectivity index (χ4v) is 4.13. The second-order valence-corrected chi connectivity index (χ2v) is 6.97. The highest BCUT2D eigenvalue weighted by molar-refractivity contribution is 7.15. The van der Waals surface area contributed by atoms with Crippen molar-refractivity contribution < 1.29 is 9.53 Å². The van der Waals surface area contributed by atoms with Crippen LogP contribution in [0.3, 0.4) is 0 Å². The first-order valence-electron chi connectivity index (χ1n) is 7.84. The lowest BCUT2D eigenvalue weighted by atomic mass is 9.89. The average Bonchev–Trinajstić information content (AvgIpc) is 2.89. The van der Waals surface area contributed by atoms with Gasteiger partial charge in [0.25, 0.3) is 0 Å². The van der Waals surface area contributed by atoms with Crippen LogP contribution in [-0.4, -0.2) is 36.7 Å². The molecule has 2 unspecified atom stereocenters. The number of fused-ring (bicyclic) bond motifs is 1. The Kier molecular flexibility index (Phi) is 4.87. The SMILES string of the molecule is CCC1CCc2nc(NC(=O)CC3COCCN3)sc2C1. The Labute approximate surface area is 129 Å². The van der Waals surface area contributed by atoms with Gasteiger partial charge in [0.15, 0.2) is 5.13 Å². The summed E-state index contributed by atoms with van der Waals surface area (Å²) in [7, 11) is 0. The van der Waals surface area contributed by atoms with Crippen molar-refractivity contribution in [2.75, 3.05) is 25.1 Å². The quantitative estimate of drug-likeness (QED) is 0.892. The number of anilines is 1. The topological polar surface area (TPSA) is 63.2 Å². The minimum absolute atomic E-state index is 0.0242. The number of carbonyl (C=O) groups is 1. The van der Waals surface area contributed by atoms with Crippen molar-refractivity contribution in [2.24, 2.45) is 5.92 Å². The Hall–Kier alpha value is -0.980. The van der Waals surface area contributed by atoms with Crippen LogP contribution in [0.15, 0.2) is 0 Å². The number of ether oxygens (including phenoxy) is 1. The van der Waals surface area contributed by atoms with E-state index in [2.05, 4.69) is 22.5 Å². The van der Waals surface area contributed by atoms with Crippen LogP contribution in [0.25, 0.3) is 0 Å². The number of amides is 1. The van der Waals surface area contributed by atoms with Gasteiger partial charge >= 0.3 is 0 Å². The summed E-state index contributed by atoms with van der Waals surface area (Å²) in [5, 5.41) is 7.01. The summed E-state index contributed by atoms with van der Waals surface area (Å²) < 4.78 is 5.37. The summed E-state index contributed by atoms with van der Waals surface area (Å²) in [4.78, 5) is 18.0. The molecule has 2 atom stereocenters. The van der Waals surface area contributed by atoms with E-state index in [-0.39, 0.29) is 11.9 Å². The second kappa shape index (κ2) is 6.85. The van der Waals surface area contributed by atoms with Crippen molar-refractivity contribution in [3.63, 3.8) is 0 Å². The predicted molar refractivity (Wildman–Crippen MR) is 83.8 cm³/mol. The van der Waals surface area contributed by atoms with Gasteiger partial charge in [0, 0.05) is 23.9 Å². The summed E-state index contributed by atoms with van der Waals surface area (Å²) in [5.74, 6) is 0.807. The molecule has 0 saturated carbocycles. The van der Waals surface area contributed by atoms with Crippen molar-refractivity contribution in [2.45, 2.75) is 45.1 Å². The first-order valence-corrected chi connectivity index (χ1v) is 8.65. The summed E-state index contributed by atoms with van der Waals surface area (Å²) in [5.41, 5.74) is 1.19. The van der Waals surface area contributed by atoms with E-state index in [4.69, 9.17) is 4.74 Å². The summed E-state index contributed by atoms with van der Waals surface area (Å²) in [6, 6.07) is 0.123. The van der Waals surface area contributed by atoms with E-state index in [9.17, 15) is 4.79 Å². The number of aromatic nitrogens is 1. The molecule has 0 aromatic carbocycles. The van der Waals surface area contributed by atoms with Gasteiger partial charge in [-0.15, -0.1) is 11.3 Å². The largest absolute Gasteiger partial charge is 0.378 e. The van der Waals surface area contributed by atoms with Crippen LogP contribution in [-0.2, 0) is 22.4 Å². The Morgan fingerprint density at radius 1 is 1.57 bits per heavy atom. The highest BCUT2D eigenvalue weighted by Gasteiger charge is 2.23. The smallest absolute Gasteiger partial charge is 0.227 e. The van der Waals surface area contributed by atoms with Gasteiger partial charge in [-0.25, -0.2) is 4.98 Å². The number of hydrogen-bond acceptors (Lipinski definition) is 5. The first-order chi connectivity index (χ1) is 10.2. The maximum Gasteiger partial charge on any atom is 0.227 e. The lowest BCUT2D eigenvalue weighted by molar-refractivity contribution is -0.117. The molecule has 0 spiro atoms. The minimum Gasteiger partial charge on any atom is -0.378 e. The second-order valence-electron chi connectivity index (χ2n) is 5.88. The molecular weight excluding hydrogens is 286 g/mol. The molecule has 0 bridgehead atoms. The molecule has 3 rings (SSSR count). The van der Waals surface area contributed by atoms with Gasteiger partial charge in [0.2, 0.25) is 5.91 Å². The van der Waals surface area contributed by atoms with Crippen LogP contribution in [0.2, 0.25) is 0 Å². The average molecular weight is 309 g/mol. The van der Waals surface area contributed by atoms with Crippen LogP contribution >= 0.6 is 11.3 Å². The highest BCUT2D eigenvalue weighted by atomic mass is 32.1. The van der Waals surface area contributed by atoms with Crippen LogP contribution < -0.4 is 10.6 Å². The van der Waals surface area contributed by atoms with Crippen LogP contribution in [0.1, 0.15) is 36.8 Å². The number of carbonyl (C=O) groups excluding carboxylic acids is 1. The molecule has 2 N–H and O–H groups in total. The van der Waals surface area contributed by atoms with E-state index in [1.165, 1.54) is 23.4 Å². The molecule has 116 valence electrons. The first kappa shape index (κ1) is 14.9. The zero-order valence-corrected chi connectivity index (χ0v) is 13.3. The lowest BCUT2D eigenvalue weighted by Crippen LogP contribution is -2.43. The molecule has 1 aromatic heterocycles. The number of rotatable bonds is 4. The molecule has 2 heterocycles. The van der Waals surface area contributed by atoms with E-state index >= 15 is 0 Å². The Morgan fingerprint density at radius 3 is 3.24 bits per heavy atom. The number of nitrogens with one attached hydrogen (secondary N) is 2. The number of morpholine rings is 1. The normalized spacial score (nSPS) is 25.4. The van der Waals surface area contributed by atoms with E-state index < -0.39 is 0 Å². The van der Waals surface area contributed by atoms with Crippen molar-refractivity contribution in [1.29, 1.82) is 0 Å². The van der Waals surface area contributed by atoms with Crippen molar-refractivity contribution in [3.8, 4) is 0 Å². The fraction of sp³-hybridized carbons (Fsp3) is 0.733. The third-order valence-corrected chi connectivity index (χ3v) is 5.33. The highest BCUT2D eigenvalue weighted by Crippen LogP contribution is 2.33. The van der Waals surface area contributed by atoms with E-state index in [1.807, 2.05) is 0 Å². The third-order valence-electron chi connectivity index (χ3n) is 4.30. The van der Waals surface area contributed by atoms with Gasteiger partial charge < -0.3 is 15.4 Å². The van der Waals surface area contributed by atoms with Gasteiger partial charge in [-0.3, -0.25) is 4.79 Å². The third kappa shape index (κ3) is 3.81. The zero-order chi connectivity index (χ0) is 14.7. The molecule has 6 heteroatoms. The van der Waals surface area contributed by atoms with Crippen molar-refractivity contribution in [1.82, 2.24) is 10.3 Å². The summed E-state index contributed by atoms with van der Waals surface area (Å²) in [6.07, 6.45) is 5.08. The maximum absolute atomic E-state index is 12.1. The van der Waals surface area contributed by atoms with Crippen LogP contribution in [0.4, 0.5) is 5.13 Å². The Bertz CT molecular complexity index is 497. The number of aryl methyl sites for hydroxylation is 1. The molecule has 21 heavy (non-hydrogen) atoms. The molecule has 5 nitrogen and oxygen atoms in total. The summed E-state index contributed by atoms with van der Waals surface area (Å²) >= 11 is 1.65. The number of hydrogen-bond donors (Lipinski definition) is 2. The monoisotopic (exact) mass is 309 g/mol. The Balaban J connectivity index is 1.55. The number of thiazole rings is 1. The van der Waals surface area contributed by atoms with Crippen LogP contribution in [0, 0.1) is 5.92 Å². The van der Waals surface area contributed by atoms with E-state index in [0.29, 0.717) is 13.0 Å². The molecule has 0 radical (unpaired) electrons. The molecule has 1 aromatic rings. The molecular formula is C15H23N3O2S. The van der Waals surface area contributed by atoms with Gasteiger partial charge in [-0.2, -0.15) is 0 Å². The van der Waals surface area contributed by atoms with Crippen LogP contribution in [0.5, 0.6) is 0 Å². The molecule has 1 aliphatic carbocycles. The molecule has 1 amide bonds. The summed E-state index contributed by atoms with van der Waals surface area (Å²) in [6.45, 7) is 4.41. The fourth-order valence-electron chi connectivity index (χ4n) is 2.99.